The van der Waals surface area contributed by atoms with Gasteiger partial charge in [0.15, 0.2) is 0 Å². The Morgan fingerprint density at radius 1 is 1.02 bits per heavy atom. The monoisotopic (exact) mass is 597 g/mol. The first kappa shape index (κ1) is 33.4. The number of carbonyl (C=O) groups excluding carboxylic acids is 4. The van der Waals surface area contributed by atoms with Gasteiger partial charge in [0, 0.05) is 30.8 Å². The molecule has 0 bridgehead atoms. The number of nitrogens with zero attached hydrogens (tertiary/aromatic N) is 2. The molecule has 2 rings (SSSR count). The highest BCUT2D eigenvalue weighted by Crippen LogP contribution is 2.26. The minimum atomic E-state index is -5.42. The number of nitro groups is 1. The molecule has 2 amide bonds. The molecular weight excluding hydrogens is 567 g/mol. The number of unbranched alkanes of at least 4 members (excludes halogenated alkanes) is 2. The van der Waals surface area contributed by atoms with Crippen LogP contribution in [0.1, 0.15) is 54.8 Å². The lowest BCUT2D eigenvalue weighted by Gasteiger charge is -2.19. The van der Waals surface area contributed by atoms with Crippen molar-refractivity contribution in [1.29, 1.82) is 0 Å². The molecule has 0 radical (unpaired) electrons. The Labute approximate surface area is 238 Å². The topological polar surface area (TPSA) is 179 Å². The summed E-state index contributed by atoms with van der Waals surface area (Å²) in [7, 11) is 0. The number of aromatic nitrogens is 1. The fourth-order valence-electron chi connectivity index (χ4n) is 3.57. The van der Waals surface area contributed by atoms with E-state index in [1.54, 1.807) is 6.20 Å². The largest absolute Gasteiger partial charge is 0.495 e. The van der Waals surface area contributed by atoms with E-state index in [1.165, 1.54) is 19.1 Å². The number of aryl methyl sites for hydroxylation is 2. The lowest BCUT2D eigenvalue weighted by atomic mass is 10.0. The van der Waals surface area contributed by atoms with Gasteiger partial charge in [-0.1, -0.05) is 18.6 Å². The third kappa shape index (κ3) is 11.8. The van der Waals surface area contributed by atoms with Crippen molar-refractivity contribution in [3.8, 4) is 0 Å². The number of pyridine rings is 1. The van der Waals surface area contributed by atoms with Crippen LogP contribution < -0.4 is 16.0 Å². The predicted octanol–water partition coefficient (Wildman–Crippen LogP) is 3.51. The minimum Gasteiger partial charge on any atom is -0.370 e. The second-order valence-electron chi connectivity index (χ2n) is 9.18. The van der Waals surface area contributed by atoms with Gasteiger partial charge < -0.3 is 16.0 Å². The van der Waals surface area contributed by atoms with Crippen molar-refractivity contribution in [2.75, 3.05) is 18.4 Å². The molecule has 16 heteroatoms. The van der Waals surface area contributed by atoms with Crippen LogP contribution in [0.3, 0.4) is 0 Å². The highest BCUT2D eigenvalue weighted by atomic mass is 19.4. The van der Waals surface area contributed by atoms with Crippen LogP contribution in [0, 0.1) is 24.0 Å². The van der Waals surface area contributed by atoms with E-state index < -0.39 is 53.9 Å². The number of nitro benzene ring substituents is 1. The maximum atomic E-state index is 12.5. The number of benzene rings is 1. The first-order valence-electron chi connectivity index (χ1n) is 12.7. The van der Waals surface area contributed by atoms with Crippen LogP contribution in [-0.4, -0.2) is 52.9 Å². The Balaban J connectivity index is 1.87. The van der Waals surface area contributed by atoms with E-state index >= 15 is 0 Å². The number of rotatable bonds is 14. The molecule has 1 aromatic heterocycles. The normalized spacial score (nSPS) is 11.6. The molecule has 0 aliphatic heterocycles. The molecule has 1 unspecified atom stereocenters. The van der Waals surface area contributed by atoms with Crippen LogP contribution in [0.4, 0.5) is 24.7 Å². The smallest absolute Gasteiger partial charge is 0.370 e. The van der Waals surface area contributed by atoms with Gasteiger partial charge in [-0.25, -0.2) is 24.3 Å². The molecule has 42 heavy (non-hydrogen) atoms. The SMILES string of the molecule is Cc1ccnc(NCCCCCC(=O)NCC(=O)NC(CC(=O)OOC(=O)C(F)(F)F)c2ccc(C)c([N+](=O)[O-])c2)c1. The van der Waals surface area contributed by atoms with E-state index in [9.17, 15) is 42.5 Å². The van der Waals surface area contributed by atoms with Crippen LogP contribution >= 0.6 is 0 Å². The number of alkyl halides is 3. The van der Waals surface area contributed by atoms with Gasteiger partial charge in [-0.2, -0.15) is 13.2 Å². The predicted molar refractivity (Wildman–Crippen MR) is 141 cm³/mol. The average molecular weight is 598 g/mol. The van der Waals surface area contributed by atoms with Gasteiger partial charge in [-0.05, 0) is 49.9 Å². The summed E-state index contributed by atoms with van der Waals surface area (Å²) in [5.74, 6) is -4.71. The summed E-state index contributed by atoms with van der Waals surface area (Å²) in [5, 5.41) is 19.3. The second-order valence-corrected chi connectivity index (χ2v) is 9.18. The van der Waals surface area contributed by atoms with Gasteiger partial charge >= 0.3 is 18.1 Å². The summed E-state index contributed by atoms with van der Waals surface area (Å²) in [4.78, 5) is 69.7. The van der Waals surface area contributed by atoms with E-state index in [4.69, 9.17) is 0 Å². The lowest BCUT2D eigenvalue weighted by Crippen LogP contribution is -2.39. The molecule has 1 heterocycles. The van der Waals surface area contributed by atoms with Crippen molar-refractivity contribution in [3.05, 3.63) is 63.3 Å². The first-order valence-corrected chi connectivity index (χ1v) is 12.7. The van der Waals surface area contributed by atoms with Gasteiger partial charge in [0.05, 0.1) is 23.9 Å². The molecule has 0 saturated carbocycles. The first-order chi connectivity index (χ1) is 19.8. The second kappa shape index (κ2) is 15.9. The van der Waals surface area contributed by atoms with Gasteiger partial charge in [0.25, 0.3) is 5.69 Å². The number of carbonyl (C=O) groups is 4. The molecule has 0 aliphatic carbocycles. The molecule has 0 fully saturated rings. The van der Waals surface area contributed by atoms with E-state index in [0.29, 0.717) is 13.0 Å². The Morgan fingerprint density at radius 2 is 1.76 bits per heavy atom. The summed E-state index contributed by atoms with van der Waals surface area (Å²) >= 11 is 0. The summed E-state index contributed by atoms with van der Waals surface area (Å²) < 4.78 is 36.9. The molecule has 3 N–H and O–H groups in total. The Morgan fingerprint density at radius 3 is 2.43 bits per heavy atom. The Bertz CT molecular complexity index is 1290. The van der Waals surface area contributed by atoms with E-state index in [0.717, 1.165) is 30.3 Å². The molecule has 13 nitrogen and oxygen atoms in total. The number of amides is 2. The number of nitrogens with one attached hydrogen (secondary N) is 3. The Hall–Kier alpha value is -4.76. The van der Waals surface area contributed by atoms with Crippen molar-refractivity contribution >= 4 is 35.3 Å². The maximum absolute atomic E-state index is 12.5. The number of hydrogen-bond acceptors (Lipinski definition) is 10. The molecule has 1 atom stereocenters. The van der Waals surface area contributed by atoms with Gasteiger partial charge in [0.2, 0.25) is 11.8 Å². The van der Waals surface area contributed by atoms with E-state index in [2.05, 4.69) is 30.7 Å². The number of hydrogen-bond donors (Lipinski definition) is 3. The van der Waals surface area contributed by atoms with Crippen molar-refractivity contribution < 1.29 is 47.0 Å². The summed E-state index contributed by atoms with van der Waals surface area (Å²) in [6.07, 6.45) is -2.37. The third-order valence-corrected chi connectivity index (χ3v) is 5.73. The number of halogens is 3. The van der Waals surface area contributed by atoms with Crippen LogP contribution in [0.2, 0.25) is 0 Å². The Kier molecular flexibility index (Phi) is 12.6. The molecular formula is C26H30F3N5O8. The van der Waals surface area contributed by atoms with Crippen LogP contribution in [-0.2, 0) is 29.0 Å². The standard InChI is InChI=1S/C26H30F3N5O8/c1-16-9-11-31-21(12-16)30-10-5-3-4-6-22(35)32-15-23(36)33-19(14-24(37)41-42-25(38)26(27,28)29)18-8-7-17(2)20(13-18)34(39)40/h7-9,11-13,19H,3-6,10,14-15H2,1-2H3,(H,30,31)(H,32,35)(H,33,36). The minimum absolute atomic E-state index is 0.0422. The fraction of sp³-hybridized carbons (Fsp3) is 0.423. The quantitative estimate of drug-likeness (QED) is 0.126. The maximum Gasteiger partial charge on any atom is 0.495 e. The fourth-order valence-corrected chi connectivity index (χ4v) is 3.57. The van der Waals surface area contributed by atoms with Crippen LogP contribution in [0.15, 0.2) is 36.5 Å². The van der Waals surface area contributed by atoms with Crippen molar-refractivity contribution in [2.24, 2.45) is 0 Å². The van der Waals surface area contributed by atoms with Crippen molar-refractivity contribution in [1.82, 2.24) is 15.6 Å². The van der Waals surface area contributed by atoms with Crippen LogP contribution in [0.5, 0.6) is 0 Å². The summed E-state index contributed by atoms with van der Waals surface area (Å²) in [6, 6.07) is 6.22. The summed E-state index contributed by atoms with van der Waals surface area (Å²) in [6.45, 7) is 3.56. The van der Waals surface area contributed by atoms with Crippen molar-refractivity contribution in [2.45, 2.75) is 58.2 Å². The molecule has 2 aromatic rings. The van der Waals surface area contributed by atoms with Gasteiger partial charge in [0.1, 0.15) is 5.82 Å². The highest BCUT2D eigenvalue weighted by Gasteiger charge is 2.43. The zero-order valence-electron chi connectivity index (χ0n) is 22.8. The lowest BCUT2D eigenvalue weighted by molar-refractivity contribution is -0.385. The zero-order chi connectivity index (χ0) is 31.3. The van der Waals surface area contributed by atoms with E-state index in [1.807, 2.05) is 19.1 Å². The van der Waals surface area contributed by atoms with Crippen LogP contribution in [0.25, 0.3) is 0 Å². The van der Waals surface area contributed by atoms with Gasteiger partial charge in [-0.15, -0.1) is 0 Å². The highest BCUT2D eigenvalue weighted by molar-refractivity contribution is 5.85. The molecule has 0 aliphatic rings. The van der Waals surface area contributed by atoms with E-state index in [-0.39, 0.29) is 23.2 Å². The molecule has 0 saturated heterocycles. The van der Waals surface area contributed by atoms with Gasteiger partial charge in [-0.3, -0.25) is 19.7 Å². The average Bonchev–Trinajstić information content (AvgIpc) is 2.91. The molecule has 0 spiro atoms. The molecule has 1 aromatic carbocycles. The summed E-state index contributed by atoms with van der Waals surface area (Å²) in [5.41, 5.74) is 1.04. The number of anilines is 1. The molecule has 228 valence electrons. The third-order valence-electron chi connectivity index (χ3n) is 5.73. The van der Waals surface area contributed by atoms with Crippen molar-refractivity contribution in [3.63, 3.8) is 0 Å². The zero-order valence-corrected chi connectivity index (χ0v) is 22.8.